The Morgan fingerprint density at radius 2 is 0.513 bits per heavy atom. The summed E-state index contributed by atoms with van der Waals surface area (Å²) in [5.41, 5.74) is 4.37. The van der Waals surface area contributed by atoms with Gasteiger partial charge < -0.3 is 13.3 Å². The minimum atomic E-state index is 0.322. The fraction of sp³-hybridized carbons (Fsp3) is 0. The molecule has 0 aliphatic carbocycles. The van der Waals surface area contributed by atoms with Crippen LogP contribution >= 0.6 is 0 Å². The Kier molecular flexibility index (Phi) is 5.56. The van der Waals surface area contributed by atoms with Gasteiger partial charge in [-0.05, 0) is 54.6 Å². The van der Waals surface area contributed by atoms with E-state index in [4.69, 9.17) is 13.3 Å². The topological polar surface area (TPSA) is 117 Å². The van der Waals surface area contributed by atoms with Gasteiger partial charge in [0.25, 0.3) is 0 Å². The largest absolute Gasteiger partial charge is 0.416 e. The first kappa shape index (κ1) is 22.5. The highest BCUT2D eigenvalue weighted by molar-refractivity contribution is 5.74. The third-order valence-corrected chi connectivity index (χ3v) is 6.01. The average molecular weight is 511 g/mol. The Balaban J connectivity index is 1.33. The molecular formula is C30H18N6O3. The van der Waals surface area contributed by atoms with E-state index in [1.54, 1.807) is 0 Å². The summed E-state index contributed by atoms with van der Waals surface area (Å²) in [6.45, 7) is 0. The molecule has 0 fully saturated rings. The van der Waals surface area contributed by atoms with E-state index in [1.165, 1.54) is 0 Å². The van der Waals surface area contributed by atoms with Crippen LogP contribution in [0, 0.1) is 0 Å². The van der Waals surface area contributed by atoms with Crippen molar-refractivity contribution in [1.29, 1.82) is 0 Å². The molecule has 0 unspecified atom stereocenters. The molecule has 0 saturated carbocycles. The maximum absolute atomic E-state index is 6.03. The van der Waals surface area contributed by atoms with E-state index in [-0.39, 0.29) is 0 Å². The van der Waals surface area contributed by atoms with Crippen LogP contribution in [0.25, 0.3) is 68.7 Å². The predicted molar refractivity (Wildman–Crippen MR) is 143 cm³/mol. The summed E-state index contributed by atoms with van der Waals surface area (Å²) >= 11 is 0. The monoisotopic (exact) mass is 510 g/mol. The van der Waals surface area contributed by atoms with E-state index in [9.17, 15) is 0 Å². The first-order chi connectivity index (χ1) is 19.3. The van der Waals surface area contributed by atoms with Gasteiger partial charge in [-0.1, -0.05) is 54.6 Å². The van der Waals surface area contributed by atoms with E-state index >= 15 is 0 Å². The van der Waals surface area contributed by atoms with Gasteiger partial charge in [0.2, 0.25) is 35.3 Å². The van der Waals surface area contributed by atoms with Crippen LogP contribution < -0.4 is 0 Å². The Labute approximate surface area is 221 Å². The number of aromatic nitrogens is 6. The zero-order chi connectivity index (χ0) is 26.0. The normalized spacial score (nSPS) is 11.1. The summed E-state index contributed by atoms with van der Waals surface area (Å²) < 4.78 is 18.1. The van der Waals surface area contributed by atoms with Crippen LogP contribution in [0.4, 0.5) is 0 Å². The molecule has 0 amide bonds. The van der Waals surface area contributed by atoms with Crippen molar-refractivity contribution in [2.24, 2.45) is 0 Å². The Morgan fingerprint density at radius 1 is 0.282 bits per heavy atom. The van der Waals surface area contributed by atoms with Gasteiger partial charge in [-0.15, -0.1) is 30.6 Å². The maximum Gasteiger partial charge on any atom is 0.248 e. The molecule has 0 saturated heterocycles. The molecule has 7 aromatic rings. The van der Waals surface area contributed by atoms with Crippen LogP contribution in [0.3, 0.4) is 0 Å². The van der Waals surface area contributed by atoms with Crippen LogP contribution in [0.15, 0.2) is 122 Å². The standard InChI is InChI=1S/C30H18N6O3/c1-4-10-19(11-5-1)25-31-34-28(37-25)22-16-23(29-35-32-26(38-29)20-12-6-2-7-13-20)18-24(17-22)30-36-33-27(39-30)21-14-8-3-9-15-21/h1-18H. The zero-order valence-electron chi connectivity index (χ0n) is 20.3. The second-order valence-electron chi connectivity index (χ2n) is 8.63. The lowest BCUT2D eigenvalue weighted by Crippen LogP contribution is -1.87. The van der Waals surface area contributed by atoms with Crippen molar-refractivity contribution in [2.75, 3.05) is 0 Å². The number of hydrogen-bond acceptors (Lipinski definition) is 9. The molecule has 0 aliphatic heterocycles. The number of hydrogen-bond donors (Lipinski definition) is 0. The molecule has 0 aliphatic rings. The third kappa shape index (κ3) is 4.49. The van der Waals surface area contributed by atoms with Gasteiger partial charge in [-0.2, -0.15) is 0 Å². The van der Waals surface area contributed by atoms with Crippen molar-refractivity contribution in [3.05, 3.63) is 109 Å². The summed E-state index contributed by atoms with van der Waals surface area (Å²) in [7, 11) is 0. The van der Waals surface area contributed by atoms with E-state index in [2.05, 4.69) is 30.6 Å². The van der Waals surface area contributed by atoms with Crippen molar-refractivity contribution in [3.8, 4) is 68.7 Å². The van der Waals surface area contributed by atoms with Gasteiger partial charge in [0.1, 0.15) is 0 Å². The second kappa shape index (κ2) is 9.64. The molecule has 9 heteroatoms. The highest BCUT2D eigenvalue weighted by atomic mass is 16.4. The highest BCUT2D eigenvalue weighted by Gasteiger charge is 2.19. The average Bonchev–Trinajstić information content (AvgIpc) is 3.80. The second-order valence-corrected chi connectivity index (χ2v) is 8.63. The van der Waals surface area contributed by atoms with Gasteiger partial charge in [0.05, 0.1) is 0 Å². The van der Waals surface area contributed by atoms with E-state index in [1.807, 2.05) is 109 Å². The summed E-state index contributed by atoms with van der Waals surface area (Å²) in [5.74, 6) is 2.19. The van der Waals surface area contributed by atoms with Gasteiger partial charge in [-0.25, -0.2) is 0 Å². The van der Waals surface area contributed by atoms with Gasteiger partial charge in [0, 0.05) is 33.4 Å². The Bertz CT molecular complexity index is 1630. The van der Waals surface area contributed by atoms with E-state index in [0.29, 0.717) is 52.0 Å². The predicted octanol–water partition coefficient (Wildman–Crippen LogP) is 6.84. The van der Waals surface area contributed by atoms with Crippen LogP contribution in [0.5, 0.6) is 0 Å². The van der Waals surface area contributed by atoms with Crippen molar-refractivity contribution in [3.63, 3.8) is 0 Å². The first-order valence-corrected chi connectivity index (χ1v) is 12.1. The molecule has 7 rings (SSSR count). The lowest BCUT2D eigenvalue weighted by molar-refractivity contribution is 0.580. The number of nitrogens with zero attached hydrogens (tertiary/aromatic N) is 6. The molecule has 0 N–H and O–H groups in total. The molecule has 0 bridgehead atoms. The SMILES string of the molecule is c1ccc(-c2nnc(-c3cc(-c4nnc(-c5ccccc5)o4)cc(-c4nnc(-c5ccccc5)o4)c3)o2)cc1. The Hall–Kier alpha value is -5.70. The first-order valence-electron chi connectivity index (χ1n) is 12.1. The summed E-state index contributed by atoms with van der Waals surface area (Å²) in [4.78, 5) is 0. The third-order valence-electron chi connectivity index (χ3n) is 6.01. The maximum atomic E-state index is 6.03. The molecule has 9 nitrogen and oxygen atoms in total. The molecular weight excluding hydrogens is 492 g/mol. The molecule has 186 valence electrons. The number of rotatable bonds is 6. The van der Waals surface area contributed by atoms with E-state index < -0.39 is 0 Å². The van der Waals surface area contributed by atoms with Crippen molar-refractivity contribution in [1.82, 2.24) is 30.6 Å². The lowest BCUT2D eigenvalue weighted by atomic mass is 10.1. The molecule has 0 atom stereocenters. The van der Waals surface area contributed by atoms with E-state index in [0.717, 1.165) is 16.7 Å². The summed E-state index contributed by atoms with van der Waals surface area (Å²) in [6.07, 6.45) is 0. The summed E-state index contributed by atoms with van der Waals surface area (Å²) in [6, 6.07) is 34.3. The quantitative estimate of drug-likeness (QED) is 0.237. The van der Waals surface area contributed by atoms with Crippen LogP contribution in [-0.2, 0) is 0 Å². The fourth-order valence-corrected chi connectivity index (χ4v) is 4.11. The molecule has 0 spiro atoms. The minimum Gasteiger partial charge on any atom is -0.416 e. The molecule has 3 aromatic heterocycles. The highest BCUT2D eigenvalue weighted by Crippen LogP contribution is 2.34. The Morgan fingerprint density at radius 3 is 0.769 bits per heavy atom. The van der Waals surface area contributed by atoms with Crippen LogP contribution in [0.1, 0.15) is 0 Å². The van der Waals surface area contributed by atoms with Crippen molar-refractivity contribution in [2.45, 2.75) is 0 Å². The minimum absolute atomic E-state index is 0.322. The molecule has 4 aromatic carbocycles. The molecule has 3 heterocycles. The van der Waals surface area contributed by atoms with Gasteiger partial charge >= 0.3 is 0 Å². The van der Waals surface area contributed by atoms with Crippen molar-refractivity contribution >= 4 is 0 Å². The van der Waals surface area contributed by atoms with Crippen LogP contribution in [0.2, 0.25) is 0 Å². The smallest absolute Gasteiger partial charge is 0.248 e. The van der Waals surface area contributed by atoms with Gasteiger partial charge in [0.15, 0.2) is 0 Å². The van der Waals surface area contributed by atoms with Crippen molar-refractivity contribution < 1.29 is 13.3 Å². The molecule has 39 heavy (non-hydrogen) atoms. The lowest BCUT2D eigenvalue weighted by Gasteiger charge is -2.03. The fourth-order valence-electron chi connectivity index (χ4n) is 4.11. The zero-order valence-corrected chi connectivity index (χ0v) is 20.3. The van der Waals surface area contributed by atoms with Crippen LogP contribution in [-0.4, -0.2) is 30.6 Å². The molecule has 0 radical (unpaired) electrons. The van der Waals surface area contributed by atoms with Gasteiger partial charge in [-0.3, -0.25) is 0 Å². The number of benzene rings is 4. The summed E-state index contributed by atoms with van der Waals surface area (Å²) in [5, 5.41) is 25.6.